The van der Waals surface area contributed by atoms with Crippen LogP contribution in [0.3, 0.4) is 0 Å². The van der Waals surface area contributed by atoms with E-state index >= 15 is 0 Å². The van der Waals surface area contributed by atoms with Crippen LogP contribution < -0.4 is 14.2 Å². The van der Waals surface area contributed by atoms with Crippen molar-refractivity contribution in [3.05, 3.63) is 60.9 Å². The smallest absolute Gasteiger partial charge is 0.339 e. The molecule has 23 heavy (non-hydrogen) atoms. The highest BCUT2D eigenvalue weighted by Gasteiger charge is 2.09. The third-order valence-electron chi connectivity index (χ3n) is 2.74. The molecule has 120 valence electrons. The van der Waals surface area contributed by atoms with Crippen molar-refractivity contribution in [3.8, 4) is 23.0 Å². The van der Waals surface area contributed by atoms with E-state index in [1.807, 2.05) is 19.1 Å². The number of para-hydroxylation sites is 2. The summed E-state index contributed by atoms with van der Waals surface area (Å²) in [6.45, 7) is 2.49. The number of rotatable bonds is 7. The van der Waals surface area contributed by atoms with Crippen molar-refractivity contribution in [1.82, 2.24) is 0 Å². The van der Waals surface area contributed by atoms with Crippen LogP contribution in [0.4, 0.5) is 0 Å². The maximum Gasteiger partial charge on any atom is 0.339 e. The first kappa shape index (κ1) is 16.4. The van der Waals surface area contributed by atoms with Gasteiger partial charge in [0.2, 0.25) is 0 Å². The molecule has 2 rings (SSSR count). The number of ether oxygens (including phenoxy) is 4. The van der Waals surface area contributed by atoms with Gasteiger partial charge in [0.1, 0.15) is 11.5 Å². The van der Waals surface area contributed by atoms with Crippen LogP contribution in [0.25, 0.3) is 0 Å². The van der Waals surface area contributed by atoms with Gasteiger partial charge < -0.3 is 18.9 Å². The van der Waals surface area contributed by atoms with Gasteiger partial charge >= 0.3 is 5.97 Å². The molecule has 0 aliphatic rings. The molecular weight excluding hydrogens is 296 g/mol. The molecule has 5 heteroatoms. The molecule has 0 spiro atoms. The van der Waals surface area contributed by atoms with Crippen LogP contribution >= 0.6 is 0 Å². The van der Waals surface area contributed by atoms with E-state index in [1.165, 1.54) is 19.4 Å². The van der Waals surface area contributed by atoms with E-state index in [9.17, 15) is 4.79 Å². The predicted molar refractivity (Wildman–Crippen MR) is 85.9 cm³/mol. The molecule has 0 heterocycles. The van der Waals surface area contributed by atoms with Crippen molar-refractivity contribution < 1.29 is 23.7 Å². The Morgan fingerprint density at radius 1 is 1.04 bits per heavy atom. The molecule has 0 aromatic heterocycles. The van der Waals surface area contributed by atoms with Gasteiger partial charge in [-0.25, -0.2) is 4.79 Å². The lowest BCUT2D eigenvalue weighted by molar-refractivity contribution is -0.129. The van der Waals surface area contributed by atoms with E-state index in [1.54, 1.807) is 36.4 Å². The number of hydrogen-bond donors (Lipinski definition) is 0. The Hall–Kier alpha value is -2.95. The molecular formula is C18H18O5. The Bertz CT molecular complexity index is 679. The standard InChI is InChI=1S/C18H18O5/c1-3-21-14-7-6-8-15(13-14)22-16-9-4-5-10-17(16)23-18(19)11-12-20-2/h4-13H,3H2,1-2H3. The molecule has 0 fully saturated rings. The third kappa shape index (κ3) is 5.07. The van der Waals surface area contributed by atoms with Crippen LogP contribution in [0.15, 0.2) is 60.9 Å². The molecule has 0 saturated heterocycles. The lowest BCUT2D eigenvalue weighted by Gasteiger charge is -2.11. The van der Waals surface area contributed by atoms with Crippen molar-refractivity contribution >= 4 is 5.97 Å². The summed E-state index contributed by atoms with van der Waals surface area (Å²) in [6, 6.07) is 14.2. The highest BCUT2D eigenvalue weighted by molar-refractivity contribution is 5.84. The molecule has 0 aliphatic heterocycles. The summed E-state index contributed by atoms with van der Waals surface area (Å²) in [7, 11) is 1.45. The SMILES string of the molecule is CCOc1cccc(Oc2ccccc2OC(=O)C=COC)c1. The molecule has 0 radical (unpaired) electrons. The maximum absolute atomic E-state index is 11.7. The highest BCUT2D eigenvalue weighted by Crippen LogP contribution is 2.32. The molecule has 0 amide bonds. The average molecular weight is 314 g/mol. The van der Waals surface area contributed by atoms with E-state index in [2.05, 4.69) is 4.74 Å². The van der Waals surface area contributed by atoms with Crippen molar-refractivity contribution in [1.29, 1.82) is 0 Å². The predicted octanol–water partition coefficient (Wildman–Crippen LogP) is 3.94. The number of hydrogen-bond acceptors (Lipinski definition) is 5. The molecule has 0 N–H and O–H groups in total. The Morgan fingerprint density at radius 3 is 2.52 bits per heavy atom. The van der Waals surface area contributed by atoms with Gasteiger partial charge in [-0.3, -0.25) is 0 Å². The summed E-state index contributed by atoms with van der Waals surface area (Å²) in [6.07, 6.45) is 2.43. The third-order valence-corrected chi connectivity index (χ3v) is 2.74. The number of carbonyl (C=O) groups is 1. The number of methoxy groups -OCH3 is 1. The van der Waals surface area contributed by atoms with Crippen molar-refractivity contribution in [3.63, 3.8) is 0 Å². The van der Waals surface area contributed by atoms with Crippen molar-refractivity contribution in [2.45, 2.75) is 6.92 Å². The van der Waals surface area contributed by atoms with E-state index in [-0.39, 0.29) is 0 Å². The van der Waals surface area contributed by atoms with Gasteiger partial charge in [-0.05, 0) is 31.2 Å². The van der Waals surface area contributed by atoms with Crippen LogP contribution in [0.1, 0.15) is 6.92 Å². The van der Waals surface area contributed by atoms with Crippen LogP contribution in [0.2, 0.25) is 0 Å². The Labute approximate surface area is 135 Å². The minimum Gasteiger partial charge on any atom is -0.504 e. The fourth-order valence-corrected chi connectivity index (χ4v) is 1.81. The van der Waals surface area contributed by atoms with Gasteiger partial charge in [0.05, 0.1) is 26.1 Å². The molecule has 2 aromatic rings. The Kier molecular flexibility index (Phi) is 6.06. The van der Waals surface area contributed by atoms with Gasteiger partial charge in [0.25, 0.3) is 0 Å². The second-order valence-electron chi connectivity index (χ2n) is 4.42. The fraction of sp³-hybridized carbons (Fsp3) is 0.167. The van der Waals surface area contributed by atoms with E-state index < -0.39 is 5.97 Å². The maximum atomic E-state index is 11.7. The summed E-state index contributed by atoms with van der Waals surface area (Å²) in [5.74, 6) is 1.50. The fourth-order valence-electron chi connectivity index (χ4n) is 1.81. The first-order valence-corrected chi connectivity index (χ1v) is 7.14. The normalized spacial score (nSPS) is 10.3. The largest absolute Gasteiger partial charge is 0.504 e. The first-order valence-electron chi connectivity index (χ1n) is 7.14. The molecule has 0 atom stereocenters. The lowest BCUT2D eigenvalue weighted by Crippen LogP contribution is -2.05. The number of benzene rings is 2. The minimum absolute atomic E-state index is 0.320. The number of carbonyl (C=O) groups excluding carboxylic acids is 1. The Morgan fingerprint density at radius 2 is 1.78 bits per heavy atom. The van der Waals surface area contributed by atoms with Crippen LogP contribution in [0, 0.1) is 0 Å². The zero-order valence-corrected chi connectivity index (χ0v) is 13.0. The molecule has 2 aromatic carbocycles. The highest BCUT2D eigenvalue weighted by atomic mass is 16.6. The van der Waals surface area contributed by atoms with E-state index in [4.69, 9.17) is 14.2 Å². The van der Waals surface area contributed by atoms with Gasteiger partial charge in [-0.2, -0.15) is 0 Å². The second kappa shape index (κ2) is 8.48. The zero-order valence-electron chi connectivity index (χ0n) is 13.0. The van der Waals surface area contributed by atoms with Crippen LogP contribution in [-0.4, -0.2) is 19.7 Å². The van der Waals surface area contributed by atoms with Gasteiger partial charge in [-0.15, -0.1) is 0 Å². The zero-order chi connectivity index (χ0) is 16.5. The number of esters is 1. The summed E-state index contributed by atoms with van der Waals surface area (Å²) in [5, 5.41) is 0. The quantitative estimate of drug-likeness (QED) is 0.335. The molecule has 0 saturated carbocycles. The second-order valence-corrected chi connectivity index (χ2v) is 4.42. The van der Waals surface area contributed by atoms with Crippen LogP contribution in [0.5, 0.6) is 23.0 Å². The summed E-state index contributed by atoms with van der Waals surface area (Å²) in [4.78, 5) is 11.7. The molecule has 5 nitrogen and oxygen atoms in total. The Balaban J connectivity index is 2.15. The molecule has 0 unspecified atom stereocenters. The van der Waals surface area contributed by atoms with Gasteiger partial charge in [-0.1, -0.05) is 18.2 Å². The van der Waals surface area contributed by atoms with Crippen molar-refractivity contribution in [2.75, 3.05) is 13.7 Å². The topological polar surface area (TPSA) is 54.0 Å². The summed E-state index contributed by atoms with van der Waals surface area (Å²) in [5.41, 5.74) is 0. The molecule has 0 aliphatic carbocycles. The van der Waals surface area contributed by atoms with Gasteiger partial charge in [0.15, 0.2) is 11.5 Å². The molecule has 0 bridgehead atoms. The van der Waals surface area contributed by atoms with Crippen LogP contribution in [-0.2, 0) is 9.53 Å². The van der Waals surface area contributed by atoms with E-state index in [0.29, 0.717) is 29.6 Å². The van der Waals surface area contributed by atoms with Crippen molar-refractivity contribution in [2.24, 2.45) is 0 Å². The minimum atomic E-state index is -0.550. The lowest BCUT2D eigenvalue weighted by atomic mass is 10.3. The van der Waals surface area contributed by atoms with Gasteiger partial charge in [0, 0.05) is 6.07 Å². The monoisotopic (exact) mass is 314 g/mol. The van der Waals surface area contributed by atoms with E-state index in [0.717, 1.165) is 0 Å². The summed E-state index contributed by atoms with van der Waals surface area (Å²) >= 11 is 0. The first-order chi connectivity index (χ1) is 11.2. The average Bonchev–Trinajstić information content (AvgIpc) is 2.55. The summed E-state index contributed by atoms with van der Waals surface area (Å²) < 4.78 is 21.1.